The maximum atomic E-state index is 13.6. The Morgan fingerprint density at radius 1 is 0.889 bits per heavy atom. The minimum Gasteiger partial charge on any atom is -0.478 e. The molecule has 3 aliphatic rings. The summed E-state index contributed by atoms with van der Waals surface area (Å²) in [7, 11) is 1.81. The van der Waals surface area contributed by atoms with Crippen LogP contribution in [0.2, 0.25) is 0 Å². The summed E-state index contributed by atoms with van der Waals surface area (Å²) in [4.78, 5) is 49.3. The lowest BCUT2D eigenvalue weighted by Crippen LogP contribution is -2.47. The number of nitrogens with zero attached hydrogens (tertiary/aromatic N) is 2. The second kappa shape index (κ2) is 14.7. The number of benzene rings is 2. The van der Waals surface area contributed by atoms with Gasteiger partial charge in [-0.3, -0.25) is 14.5 Å². The Bertz CT molecular complexity index is 1420. The van der Waals surface area contributed by atoms with Gasteiger partial charge in [0.05, 0.1) is 5.56 Å². The number of aliphatic carboxylic acids is 2. The van der Waals surface area contributed by atoms with Gasteiger partial charge in [0.1, 0.15) is 0 Å². The average molecular weight is 619 g/mol. The number of hydrogen-bond donors (Lipinski definition) is 4. The number of carboxylic acids is 2. The van der Waals surface area contributed by atoms with E-state index in [4.69, 9.17) is 10.2 Å². The predicted octanol–water partition coefficient (Wildman–Crippen LogP) is 5.68. The van der Waals surface area contributed by atoms with Crippen LogP contribution in [0.15, 0.2) is 48.6 Å². The Hall–Kier alpha value is -4.18. The summed E-state index contributed by atoms with van der Waals surface area (Å²) < 4.78 is 0. The van der Waals surface area contributed by atoms with Gasteiger partial charge >= 0.3 is 11.9 Å². The summed E-state index contributed by atoms with van der Waals surface area (Å²) in [6.45, 7) is 9.01. The quantitative estimate of drug-likeness (QED) is 0.291. The molecule has 2 aliphatic heterocycles. The van der Waals surface area contributed by atoms with Crippen molar-refractivity contribution in [3.8, 4) is 0 Å². The number of amides is 2. The van der Waals surface area contributed by atoms with Crippen LogP contribution >= 0.6 is 0 Å². The molecule has 0 radical (unpaired) electrons. The first-order valence-corrected chi connectivity index (χ1v) is 15.8. The monoisotopic (exact) mass is 618 g/mol. The molecule has 2 fully saturated rings. The molecule has 10 heteroatoms. The van der Waals surface area contributed by atoms with Crippen LogP contribution in [-0.2, 0) is 26.2 Å². The van der Waals surface area contributed by atoms with Crippen LogP contribution in [0.25, 0.3) is 0 Å². The minimum absolute atomic E-state index is 0.0119. The van der Waals surface area contributed by atoms with Gasteiger partial charge in [0.15, 0.2) is 0 Å². The van der Waals surface area contributed by atoms with E-state index in [1.54, 1.807) is 11.9 Å². The van der Waals surface area contributed by atoms with Gasteiger partial charge in [-0.05, 0) is 86.0 Å². The van der Waals surface area contributed by atoms with E-state index in [1.165, 1.54) is 50.8 Å². The highest BCUT2D eigenvalue weighted by molar-refractivity contribution is 6.08. The first-order chi connectivity index (χ1) is 21.3. The molecule has 0 aromatic heterocycles. The van der Waals surface area contributed by atoms with Gasteiger partial charge < -0.3 is 25.7 Å². The van der Waals surface area contributed by atoms with Gasteiger partial charge in [-0.25, -0.2) is 9.59 Å². The maximum Gasteiger partial charge on any atom is 0.328 e. The van der Waals surface area contributed by atoms with E-state index in [2.05, 4.69) is 48.4 Å². The number of carbonyl (C=O) groups is 4. The number of likely N-dealkylation sites (tertiary alicyclic amines) is 1. The van der Waals surface area contributed by atoms with Gasteiger partial charge in [0, 0.05) is 54.8 Å². The maximum absolute atomic E-state index is 13.6. The summed E-state index contributed by atoms with van der Waals surface area (Å²) in [5.74, 6) is -2.53. The van der Waals surface area contributed by atoms with E-state index >= 15 is 0 Å². The highest BCUT2D eigenvalue weighted by atomic mass is 16.4. The molecule has 0 spiro atoms. The number of carbonyl (C=O) groups excluding carboxylic acids is 2. The van der Waals surface area contributed by atoms with Gasteiger partial charge in [-0.15, -0.1) is 0 Å². The Labute approximate surface area is 265 Å². The lowest BCUT2D eigenvalue weighted by molar-refractivity contribution is -0.134. The lowest BCUT2D eigenvalue weighted by atomic mass is 9.85. The molecule has 4 N–H and O–H groups in total. The van der Waals surface area contributed by atoms with Crippen LogP contribution in [0.1, 0.15) is 87.2 Å². The van der Waals surface area contributed by atoms with E-state index in [0.717, 1.165) is 29.8 Å². The Balaban J connectivity index is 0.000000510. The first-order valence-electron chi connectivity index (χ1n) is 15.8. The number of hydrogen-bond acceptors (Lipinski definition) is 6. The highest BCUT2D eigenvalue weighted by Gasteiger charge is 2.32. The summed E-state index contributed by atoms with van der Waals surface area (Å²) >= 11 is 0. The molecule has 0 unspecified atom stereocenters. The molecule has 2 heterocycles. The van der Waals surface area contributed by atoms with Crippen molar-refractivity contribution in [3.63, 3.8) is 0 Å². The van der Waals surface area contributed by atoms with E-state index < -0.39 is 11.9 Å². The predicted molar refractivity (Wildman–Crippen MR) is 176 cm³/mol. The standard InChI is InChI=1S/C31H42N4O2.C4H4O4/c1-31(2,3)22-13-15-24(26(19-22)33-25-9-5-6-10-27(25)35-17-7-8-18-35)30(37)32-23-14-11-21-12-16-29(36)34(4)28(21)20-23;5-3(6)1-2-4(7)8/h11,13-15,19-20,25,27,33H,5-10,12,16-18H2,1-4H3,(H,32,37);1-2H,(H,5,6)(H,7,8)/t25-,27-;/m0./s1. The largest absolute Gasteiger partial charge is 0.478 e. The van der Waals surface area contributed by atoms with Gasteiger partial charge in [0.2, 0.25) is 5.91 Å². The number of anilines is 3. The van der Waals surface area contributed by atoms with Gasteiger partial charge in [-0.2, -0.15) is 0 Å². The van der Waals surface area contributed by atoms with Gasteiger partial charge in [-0.1, -0.05) is 45.7 Å². The average Bonchev–Trinajstić information content (AvgIpc) is 3.53. The first kappa shape index (κ1) is 33.7. The van der Waals surface area contributed by atoms with Crippen LogP contribution in [0.4, 0.5) is 17.1 Å². The molecular weight excluding hydrogens is 572 g/mol. The minimum atomic E-state index is -1.26. The summed E-state index contributed by atoms with van der Waals surface area (Å²) in [5.41, 5.74) is 5.53. The molecule has 242 valence electrons. The summed E-state index contributed by atoms with van der Waals surface area (Å²) in [6.07, 6.45) is 9.83. The van der Waals surface area contributed by atoms with Crippen molar-refractivity contribution in [1.82, 2.24) is 4.90 Å². The molecule has 1 aliphatic carbocycles. The van der Waals surface area contributed by atoms with Crippen molar-refractivity contribution in [2.24, 2.45) is 0 Å². The SMILES string of the molecule is CN1C(=O)CCc2ccc(NC(=O)c3ccc(C(C)(C)C)cc3N[C@H]3CCCC[C@@H]3N3CCCC3)cc21.O=C(O)C=CC(=O)O. The van der Waals surface area contributed by atoms with Crippen molar-refractivity contribution < 1.29 is 29.4 Å². The van der Waals surface area contributed by atoms with Crippen molar-refractivity contribution in [1.29, 1.82) is 0 Å². The highest BCUT2D eigenvalue weighted by Crippen LogP contribution is 2.34. The molecular formula is C35H46N4O6. The topological polar surface area (TPSA) is 139 Å². The number of carboxylic acid groups (broad SMARTS) is 2. The van der Waals surface area contributed by atoms with Crippen LogP contribution in [-0.4, -0.2) is 71.1 Å². The van der Waals surface area contributed by atoms with Crippen molar-refractivity contribution in [2.45, 2.75) is 89.6 Å². The fourth-order valence-electron chi connectivity index (χ4n) is 6.37. The van der Waals surface area contributed by atoms with E-state index in [9.17, 15) is 19.2 Å². The smallest absolute Gasteiger partial charge is 0.328 e. The van der Waals surface area contributed by atoms with Gasteiger partial charge in [0.25, 0.3) is 5.91 Å². The van der Waals surface area contributed by atoms with E-state index in [-0.39, 0.29) is 17.2 Å². The van der Waals surface area contributed by atoms with Crippen LogP contribution in [0.5, 0.6) is 0 Å². The zero-order chi connectivity index (χ0) is 32.7. The molecule has 1 saturated heterocycles. The van der Waals surface area contributed by atoms with Crippen LogP contribution < -0.4 is 15.5 Å². The summed E-state index contributed by atoms with van der Waals surface area (Å²) in [5, 5.41) is 22.6. The van der Waals surface area contributed by atoms with Crippen LogP contribution in [0, 0.1) is 0 Å². The number of nitrogens with one attached hydrogen (secondary N) is 2. The Morgan fingerprint density at radius 3 is 2.20 bits per heavy atom. The van der Waals surface area contributed by atoms with E-state index in [1.807, 2.05) is 24.3 Å². The van der Waals surface area contributed by atoms with Crippen molar-refractivity contribution in [3.05, 3.63) is 65.2 Å². The second-order valence-electron chi connectivity index (χ2n) is 13.1. The molecule has 10 nitrogen and oxygen atoms in total. The molecule has 2 aromatic rings. The van der Waals surface area contributed by atoms with Crippen LogP contribution in [0.3, 0.4) is 0 Å². The number of aryl methyl sites for hydroxylation is 1. The molecule has 0 bridgehead atoms. The number of rotatable bonds is 7. The lowest BCUT2D eigenvalue weighted by Gasteiger charge is -2.39. The molecule has 45 heavy (non-hydrogen) atoms. The Morgan fingerprint density at radius 2 is 1.56 bits per heavy atom. The van der Waals surface area contributed by atoms with E-state index in [0.29, 0.717) is 41.9 Å². The Kier molecular flexibility index (Phi) is 11.0. The number of fused-ring (bicyclic) bond motifs is 1. The second-order valence-corrected chi connectivity index (χ2v) is 13.1. The third-order valence-electron chi connectivity index (χ3n) is 8.87. The molecule has 2 atom stereocenters. The molecule has 2 aromatic carbocycles. The molecule has 5 rings (SSSR count). The summed E-state index contributed by atoms with van der Waals surface area (Å²) in [6, 6.07) is 13.0. The van der Waals surface area contributed by atoms with Crippen molar-refractivity contribution >= 4 is 40.8 Å². The zero-order valence-corrected chi connectivity index (χ0v) is 26.8. The van der Waals surface area contributed by atoms with Crippen molar-refractivity contribution in [2.75, 3.05) is 35.7 Å². The normalized spacial score (nSPS) is 20.3. The zero-order valence-electron chi connectivity index (χ0n) is 26.8. The molecule has 2 amide bonds. The third-order valence-corrected chi connectivity index (χ3v) is 8.87. The molecule has 1 saturated carbocycles. The third kappa shape index (κ3) is 8.94. The fourth-order valence-corrected chi connectivity index (χ4v) is 6.37. The fraction of sp³-hybridized carbons (Fsp3) is 0.486.